The highest BCUT2D eigenvalue weighted by molar-refractivity contribution is 7.91. The zero-order chi connectivity index (χ0) is 15.0. The van der Waals surface area contributed by atoms with E-state index in [4.69, 9.17) is 10.5 Å². The topological polar surface area (TPSA) is 98.5 Å². The number of nitrogen functional groups attached to an aromatic ring is 1. The molecule has 7 heteroatoms. The van der Waals surface area contributed by atoms with Gasteiger partial charge in [0.1, 0.15) is 5.75 Å². The van der Waals surface area contributed by atoms with E-state index in [2.05, 4.69) is 5.32 Å². The minimum Gasteiger partial charge on any atom is -0.496 e. The summed E-state index contributed by atoms with van der Waals surface area (Å²) in [5.74, 6) is 0.0729. The van der Waals surface area contributed by atoms with Crippen LogP contribution >= 0.6 is 0 Å². The van der Waals surface area contributed by atoms with Crippen molar-refractivity contribution in [2.24, 2.45) is 0 Å². The first kappa shape index (κ1) is 14.6. The third-order valence-electron chi connectivity index (χ3n) is 3.39. The highest BCUT2D eigenvalue weighted by Crippen LogP contribution is 2.26. The van der Waals surface area contributed by atoms with Crippen LogP contribution in [0.5, 0.6) is 5.75 Å². The lowest BCUT2D eigenvalue weighted by Crippen LogP contribution is -2.47. The summed E-state index contributed by atoms with van der Waals surface area (Å²) in [4.78, 5) is 12.3. The third kappa shape index (κ3) is 3.04. The maximum Gasteiger partial charge on any atom is 0.255 e. The molecule has 0 spiro atoms. The number of carbonyl (C=O) groups is 1. The molecule has 1 fully saturated rings. The summed E-state index contributed by atoms with van der Waals surface area (Å²) in [5.41, 5.74) is 5.68. The molecule has 2 rings (SSSR count). The normalized spacial score (nSPS) is 24.3. The van der Waals surface area contributed by atoms with E-state index in [1.807, 2.05) is 0 Å². The number of ether oxygens (including phenoxy) is 1. The van der Waals surface area contributed by atoms with Gasteiger partial charge in [0, 0.05) is 5.69 Å². The Kier molecular flexibility index (Phi) is 3.64. The number of sulfone groups is 1. The zero-order valence-corrected chi connectivity index (χ0v) is 12.3. The van der Waals surface area contributed by atoms with Gasteiger partial charge in [0.25, 0.3) is 5.91 Å². The molecule has 6 nitrogen and oxygen atoms in total. The number of carbonyl (C=O) groups excluding carboxylic acids is 1. The Balaban J connectivity index is 2.23. The molecule has 3 N–H and O–H groups in total. The van der Waals surface area contributed by atoms with Gasteiger partial charge in [-0.05, 0) is 31.5 Å². The Bertz CT molecular complexity index is 642. The molecular formula is C13H18N2O4S. The van der Waals surface area contributed by atoms with Gasteiger partial charge in [0.2, 0.25) is 0 Å². The van der Waals surface area contributed by atoms with Crippen molar-refractivity contribution >= 4 is 21.4 Å². The first-order valence-electron chi connectivity index (χ1n) is 6.21. The van der Waals surface area contributed by atoms with Crippen LogP contribution in [0.15, 0.2) is 18.2 Å². The summed E-state index contributed by atoms with van der Waals surface area (Å²) in [6, 6.07) is 4.76. The number of nitrogens with two attached hydrogens (primary N) is 1. The number of amides is 1. The molecule has 0 aromatic heterocycles. The fourth-order valence-electron chi connectivity index (χ4n) is 2.35. The minimum atomic E-state index is -3.08. The van der Waals surface area contributed by atoms with Crippen LogP contribution in [0.3, 0.4) is 0 Å². The molecule has 1 aliphatic heterocycles. The van der Waals surface area contributed by atoms with Crippen molar-refractivity contribution in [3.63, 3.8) is 0 Å². The maximum absolute atomic E-state index is 12.3. The highest BCUT2D eigenvalue weighted by Gasteiger charge is 2.39. The number of hydrogen-bond donors (Lipinski definition) is 2. The van der Waals surface area contributed by atoms with Crippen LogP contribution in [0.1, 0.15) is 23.7 Å². The van der Waals surface area contributed by atoms with Gasteiger partial charge in [-0.2, -0.15) is 0 Å². The fourth-order valence-corrected chi connectivity index (χ4v) is 4.45. The smallest absolute Gasteiger partial charge is 0.255 e. The maximum atomic E-state index is 12.3. The Labute approximate surface area is 118 Å². The molecule has 1 heterocycles. The average molecular weight is 298 g/mol. The molecule has 1 atom stereocenters. The van der Waals surface area contributed by atoms with Crippen LogP contribution in [-0.4, -0.2) is 38.5 Å². The molecule has 0 bridgehead atoms. The average Bonchev–Trinajstić information content (AvgIpc) is 2.63. The van der Waals surface area contributed by atoms with Crippen molar-refractivity contribution < 1.29 is 17.9 Å². The van der Waals surface area contributed by atoms with Crippen LogP contribution in [0.25, 0.3) is 0 Å². The van der Waals surface area contributed by atoms with E-state index < -0.39 is 15.4 Å². The number of anilines is 1. The molecule has 1 aromatic rings. The molecule has 0 radical (unpaired) electrons. The molecule has 110 valence electrons. The van der Waals surface area contributed by atoms with Gasteiger partial charge < -0.3 is 15.8 Å². The van der Waals surface area contributed by atoms with E-state index in [0.29, 0.717) is 23.4 Å². The molecule has 0 aliphatic carbocycles. The van der Waals surface area contributed by atoms with E-state index in [1.54, 1.807) is 19.1 Å². The van der Waals surface area contributed by atoms with Gasteiger partial charge in [-0.15, -0.1) is 0 Å². The molecule has 1 amide bonds. The summed E-state index contributed by atoms with van der Waals surface area (Å²) in [5, 5.41) is 2.78. The fraction of sp³-hybridized carbons (Fsp3) is 0.462. The molecule has 1 unspecified atom stereocenters. The van der Waals surface area contributed by atoms with E-state index in [-0.39, 0.29) is 17.4 Å². The highest BCUT2D eigenvalue weighted by atomic mass is 32.2. The third-order valence-corrected chi connectivity index (χ3v) is 5.29. The van der Waals surface area contributed by atoms with Crippen molar-refractivity contribution in [2.45, 2.75) is 18.9 Å². The van der Waals surface area contributed by atoms with Crippen LogP contribution in [-0.2, 0) is 9.84 Å². The van der Waals surface area contributed by atoms with Crippen molar-refractivity contribution in [2.75, 3.05) is 24.3 Å². The standard InChI is InChI=1S/C13H18N2O4S/c1-13(5-6-20(17,18)8-13)15-12(16)10-7-9(14)3-4-11(10)19-2/h3-4,7H,5-6,8,14H2,1-2H3,(H,15,16). The number of methoxy groups -OCH3 is 1. The minimum absolute atomic E-state index is 0.0453. The molecule has 1 aliphatic rings. The second-order valence-corrected chi connectivity index (χ2v) is 7.50. The van der Waals surface area contributed by atoms with E-state index in [0.717, 1.165) is 0 Å². The SMILES string of the molecule is COc1ccc(N)cc1C(=O)NC1(C)CCS(=O)(=O)C1. The lowest BCUT2D eigenvalue weighted by molar-refractivity contribution is 0.0912. The number of rotatable bonds is 3. The first-order chi connectivity index (χ1) is 9.25. The summed E-state index contributed by atoms with van der Waals surface area (Å²) in [6.45, 7) is 1.73. The quantitative estimate of drug-likeness (QED) is 0.796. The molecule has 1 saturated heterocycles. The predicted molar refractivity (Wildman–Crippen MR) is 76.5 cm³/mol. The molecule has 0 saturated carbocycles. The second kappa shape index (κ2) is 4.97. The number of nitrogens with one attached hydrogen (secondary N) is 1. The number of hydrogen-bond acceptors (Lipinski definition) is 5. The van der Waals surface area contributed by atoms with Gasteiger partial charge in [-0.25, -0.2) is 8.42 Å². The molecular weight excluding hydrogens is 280 g/mol. The largest absolute Gasteiger partial charge is 0.496 e. The summed E-state index contributed by atoms with van der Waals surface area (Å²) in [6.07, 6.45) is 0.408. The van der Waals surface area contributed by atoms with Crippen molar-refractivity contribution in [3.05, 3.63) is 23.8 Å². The van der Waals surface area contributed by atoms with E-state index in [1.165, 1.54) is 13.2 Å². The lowest BCUT2D eigenvalue weighted by Gasteiger charge is -2.24. The lowest BCUT2D eigenvalue weighted by atomic mass is 10.0. The van der Waals surface area contributed by atoms with Crippen LogP contribution in [0, 0.1) is 0 Å². The summed E-state index contributed by atoms with van der Waals surface area (Å²) < 4.78 is 28.2. The van der Waals surface area contributed by atoms with Crippen molar-refractivity contribution in [1.82, 2.24) is 5.32 Å². The van der Waals surface area contributed by atoms with Crippen molar-refractivity contribution in [1.29, 1.82) is 0 Å². The Morgan fingerprint density at radius 2 is 2.15 bits per heavy atom. The van der Waals surface area contributed by atoms with Gasteiger partial charge in [0.05, 0.1) is 29.7 Å². The monoisotopic (exact) mass is 298 g/mol. The van der Waals surface area contributed by atoms with E-state index >= 15 is 0 Å². The summed E-state index contributed by atoms with van der Waals surface area (Å²) in [7, 11) is -1.61. The van der Waals surface area contributed by atoms with Crippen LogP contribution in [0.4, 0.5) is 5.69 Å². The Morgan fingerprint density at radius 1 is 1.45 bits per heavy atom. The Morgan fingerprint density at radius 3 is 2.70 bits per heavy atom. The van der Waals surface area contributed by atoms with Gasteiger partial charge in [0.15, 0.2) is 9.84 Å². The van der Waals surface area contributed by atoms with Gasteiger partial charge in [-0.3, -0.25) is 4.79 Å². The number of benzene rings is 1. The second-order valence-electron chi connectivity index (χ2n) is 5.32. The predicted octanol–water partition coefficient (Wildman–Crippen LogP) is 0.584. The van der Waals surface area contributed by atoms with E-state index in [9.17, 15) is 13.2 Å². The molecule has 20 heavy (non-hydrogen) atoms. The van der Waals surface area contributed by atoms with Crippen LogP contribution in [0.2, 0.25) is 0 Å². The van der Waals surface area contributed by atoms with Gasteiger partial charge >= 0.3 is 0 Å². The van der Waals surface area contributed by atoms with Crippen LogP contribution < -0.4 is 15.8 Å². The van der Waals surface area contributed by atoms with Crippen molar-refractivity contribution in [3.8, 4) is 5.75 Å². The van der Waals surface area contributed by atoms with Gasteiger partial charge in [-0.1, -0.05) is 0 Å². The zero-order valence-electron chi connectivity index (χ0n) is 11.5. The first-order valence-corrected chi connectivity index (χ1v) is 8.03. The molecule has 1 aromatic carbocycles. The Hall–Kier alpha value is -1.76. The summed E-state index contributed by atoms with van der Waals surface area (Å²) >= 11 is 0.